The molecule has 0 bridgehead atoms. The first-order valence-electron chi connectivity index (χ1n) is 15.5. The molecule has 0 heterocycles. The number of esters is 2. The summed E-state index contributed by atoms with van der Waals surface area (Å²) in [6.07, 6.45) is 8.00. The van der Waals surface area contributed by atoms with Crippen LogP contribution in [0.15, 0.2) is 0 Å². The molecule has 0 radical (unpaired) electrons. The third kappa shape index (κ3) is 18.9. The number of rotatable bonds is 29. The maximum atomic E-state index is 12.8. The van der Waals surface area contributed by atoms with Crippen molar-refractivity contribution >= 4 is 11.9 Å². The van der Waals surface area contributed by atoms with E-state index in [9.17, 15) is 9.59 Å². The van der Waals surface area contributed by atoms with E-state index >= 15 is 0 Å². The van der Waals surface area contributed by atoms with E-state index in [4.69, 9.17) is 37.9 Å². The van der Waals surface area contributed by atoms with Crippen molar-refractivity contribution in [3.05, 3.63) is 0 Å². The van der Waals surface area contributed by atoms with Crippen LogP contribution in [0.2, 0.25) is 0 Å². The molecule has 238 valence electrons. The van der Waals surface area contributed by atoms with Crippen molar-refractivity contribution in [2.24, 2.45) is 0 Å². The van der Waals surface area contributed by atoms with Crippen molar-refractivity contribution in [2.45, 2.75) is 131 Å². The van der Waals surface area contributed by atoms with Gasteiger partial charge in [-0.3, -0.25) is 9.59 Å². The van der Waals surface area contributed by atoms with Gasteiger partial charge in [0.15, 0.2) is 0 Å². The van der Waals surface area contributed by atoms with Gasteiger partial charge in [-0.25, -0.2) is 0 Å². The molecule has 10 nitrogen and oxygen atoms in total. The molecule has 0 saturated heterocycles. The Morgan fingerprint density at radius 2 is 0.775 bits per heavy atom. The van der Waals surface area contributed by atoms with Crippen LogP contribution in [0.4, 0.5) is 0 Å². The summed E-state index contributed by atoms with van der Waals surface area (Å²) < 4.78 is 46.1. The third-order valence-electron chi connectivity index (χ3n) is 5.80. The van der Waals surface area contributed by atoms with Gasteiger partial charge in [-0.1, -0.05) is 53.4 Å². The second-order valence-corrected chi connectivity index (χ2v) is 9.60. The Labute approximate surface area is 243 Å². The molecule has 0 aromatic rings. The molecule has 0 unspecified atom stereocenters. The van der Waals surface area contributed by atoms with Crippen LogP contribution < -0.4 is 0 Å². The predicted octanol–water partition coefficient (Wildman–Crippen LogP) is 6.28. The van der Waals surface area contributed by atoms with Gasteiger partial charge in [0, 0.05) is 26.1 Å². The molecule has 0 aliphatic rings. The van der Waals surface area contributed by atoms with Gasteiger partial charge >= 0.3 is 23.9 Å². The molecule has 0 atom stereocenters. The van der Waals surface area contributed by atoms with Crippen molar-refractivity contribution in [2.75, 3.05) is 52.9 Å². The van der Waals surface area contributed by atoms with Crippen LogP contribution in [0.3, 0.4) is 0 Å². The van der Waals surface area contributed by atoms with Gasteiger partial charge in [0.25, 0.3) is 0 Å². The van der Waals surface area contributed by atoms with Crippen molar-refractivity contribution in [1.29, 1.82) is 0 Å². The average molecular weight is 579 g/mol. The zero-order chi connectivity index (χ0) is 30.0. The molecule has 0 fully saturated rings. The van der Waals surface area contributed by atoms with Gasteiger partial charge in [-0.2, -0.15) is 0 Å². The normalized spacial score (nSPS) is 12.1. The molecule has 0 aliphatic carbocycles. The fourth-order valence-electron chi connectivity index (χ4n) is 3.36. The molecule has 0 rings (SSSR count). The lowest BCUT2D eigenvalue weighted by molar-refractivity contribution is -0.378. The topological polar surface area (TPSA) is 108 Å². The zero-order valence-electron chi connectivity index (χ0n) is 26.2. The minimum atomic E-state index is -1.57. The summed E-state index contributed by atoms with van der Waals surface area (Å²) >= 11 is 0. The Morgan fingerprint density at radius 3 is 1.02 bits per heavy atom. The lowest BCUT2D eigenvalue weighted by atomic mass is 10.2. The number of carbonyl (C=O) groups excluding carboxylic acids is 2. The van der Waals surface area contributed by atoms with Crippen molar-refractivity contribution in [3.63, 3.8) is 0 Å². The molecule has 0 aromatic heterocycles. The van der Waals surface area contributed by atoms with E-state index in [2.05, 4.69) is 27.7 Å². The second-order valence-electron chi connectivity index (χ2n) is 9.60. The first-order valence-corrected chi connectivity index (χ1v) is 15.5. The number of carbonyl (C=O) groups is 2. The molecule has 0 aliphatic heterocycles. The van der Waals surface area contributed by atoms with Crippen LogP contribution in [0.25, 0.3) is 0 Å². The monoisotopic (exact) mass is 578 g/mol. The van der Waals surface area contributed by atoms with Crippen LogP contribution in [0.5, 0.6) is 0 Å². The summed E-state index contributed by atoms with van der Waals surface area (Å²) in [5.74, 6) is -4.09. The molecular formula is C30H58O10. The lowest BCUT2D eigenvalue weighted by Gasteiger charge is -2.32. The summed E-state index contributed by atoms with van der Waals surface area (Å²) in [6.45, 7) is 14.3. The highest BCUT2D eigenvalue weighted by atomic mass is 16.9. The van der Waals surface area contributed by atoms with Crippen molar-refractivity contribution in [1.82, 2.24) is 0 Å². The summed E-state index contributed by atoms with van der Waals surface area (Å²) in [5, 5.41) is 0. The van der Waals surface area contributed by atoms with Crippen molar-refractivity contribution in [3.8, 4) is 0 Å². The third-order valence-corrected chi connectivity index (χ3v) is 5.80. The Morgan fingerprint density at radius 1 is 0.475 bits per heavy atom. The predicted molar refractivity (Wildman–Crippen MR) is 153 cm³/mol. The van der Waals surface area contributed by atoms with Crippen LogP contribution in [0, 0.1) is 0 Å². The number of unbranched alkanes of at least 4 members (excludes halogenated alkanes) is 5. The summed E-state index contributed by atoms with van der Waals surface area (Å²) in [4.78, 5) is 25.5. The molecule has 40 heavy (non-hydrogen) atoms. The Balaban J connectivity index is 5.04. The van der Waals surface area contributed by atoms with Crippen LogP contribution in [-0.2, 0) is 47.5 Å². The van der Waals surface area contributed by atoms with E-state index in [1.807, 2.05) is 13.8 Å². The number of hydrogen-bond donors (Lipinski definition) is 0. The second kappa shape index (κ2) is 25.4. The molecule has 0 spiro atoms. The smallest absolute Gasteiger partial charge is 0.354 e. The fourth-order valence-corrected chi connectivity index (χ4v) is 3.36. The Kier molecular flexibility index (Phi) is 24.6. The van der Waals surface area contributed by atoms with Crippen molar-refractivity contribution < 1.29 is 47.5 Å². The summed E-state index contributed by atoms with van der Waals surface area (Å²) in [6, 6.07) is 0. The Bertz CT molecular complexity index is 541. The SMILES string of the molecule is CCCCOC(COCC)(OCCCC)OC(=O)CCCCC(=O)OC(COCC)(OCCCC)OCCCC. The van der Waals surface area contributed by atoms with Gasteiger partial charge < -0.3 is 37.9 Å². The first-order chi connectivity index (χ1) is 19.4. The summed E-state index contributed by atoms with van der Waals surface area (Å²) in [7, 11) is 0. The standard InChI is InChI=1S/C30H58O10/c1-7-13-21-35-29(25-33-11-5,36-22-14-8-2)39-27(31)19-17-18-20-28(32)40-30(26-34-12-6,37-23-15-9-3)38-24-16-10-4/h7-26H2,1-6H3. The average Bonchev–Trinajstić information content (AvgIpc) is 2.93. The van der Waals surface area contributed by atoms with E-state index in [1.54, 1.807) is 0 Å². The van der Waals surface area contributed by atoms with Crippen LogP contribution in [0.1, 0.15) is 119 Å². The Hall–Kier alpha value is -1.30. The summed E-state index contributed by atoms with van der Waals surface area (Å²) in [5.41, 5.74) is 0. The van der Waals surface area contributed by atoms with Gasteiger partial charge in [0.05, 0.1) is 26.4 Å². The van der Waals surface area contributed by atoms with Gasteiger partial charge in [0.1, 0.15) is 13.2 Å². The first kappa shape index (κ1) is 38.7. The highest BCUT2D eigenvalue weighted by molar-refractivity contribution is 5.71. The minimum Gasteiger partial charge on any atom is -0.406 e. The maximum Gasteiger partial charge on any atom is 0.354 e. The molecule has 0 N–H and O–H groups in total. The zero-order valence-corrected chi connectivity index (χ0v) is 26.2. The van der Waals surface area contributed by atoms with Crippen LogP contribution >= 0.6 is 0 Å². The molecule has 0 amide bonds. The minimum absolute atomic E-state index is 0.00697. The molecule has 10 heteroatoms. The van der Waals surface area contributed by atoms with E-state index in [0.29, 0.717) is 52.5 Å². The molecular weight excluding hydrogens is 520 g/mol. The van der Waals surface area contributed by atoms with Crippen LogP contribution in [-0.4, -0.2) is 76.7 Å². The highest BCUT2D eigenvalue weighted by Crippen LogP contribution is 2.22. The number of ether oxygens (including phenoxy) is 8. The number of hydrogen-bond acceptors (Lipinski definition) is 10. The van der Waals surface area contributed by atoms with E-state index in [-0.39, 0.29) is 26.1 Å². The quantitative estimate of drug-likeness (QED) is 0.0571. The van der Waals surface area contributed by atoms with E-state index < -0.39 is 23.9 Å². The lowest BCUT2D eigenvalue weighted by Crippen LogP contribution is -2.46. The largest absolute Gasteiger partial charge is 0.406 e. The fraction of sp³-hybridized carbons (Fsp3) is 0.933. The maximum absolute atomic E-state index is 12.8. The van der Waals surface area contributed by atoms with Gasteiger partial charge in [-0.15, -0.1) is 0 Å². The van der Waals surface area contributed by atoms with E-state index in [1.165, 1.54) is 0 Å². The molecule has 0 aromatic carbocycles. The van der Waals surface area contributed by atoms with Gasteiger partial charge in [-0.05, 0) is 52.4 Å². The molecule has 0 saturated carbocycles. The van der Waals surface area contributed by atoms with Gasteiger partial charge in [0.2, 0.25) is 0 Å². The highest BCUT2D eigenvalue weighted by Gasteiger charge is 2.39. The van der Waals surface area contributed by atoms with E-state index in [0.717, 1.165) is 51.4 Å².